The van der Waals surface area contributed by atoms with Gasteiger partial charge in [0.1, 0.15) is 0 Å². The summed E-state index contributed by atoms with van der Waals surface area (Å²) in [7, 11) is -3.25. The third-order valence-electron chi connectivity index (χ3n) is 4.43. The number of hydrogen-bond acceptors (Lipinski definition) is 4. The second-order valence-corrected chi connectivity index (χ2v) is 8.21. The van der Waals surface area contributed by atoms with Crippen molar-refractivity contribution in [3.8, 4) is 0 Å². The van der Waals surface area contributed by atoms with Gasteiger partial charge in [0.15, 0.2) is 9.84 Å². The smallest absolute Gasteiger partial charge is 0.153 e. The van der Waals surface area contributed by atoms with Crippen LogP contribution >= 0.6 is 0 Å². The normalized spacial score (nSPS) is 26.3. The summed E-state index contributed by atoms with van der Waals surface area (Å²) in [5.74, 6) is 0. The van der Waals surface area contributed by atoms with E-state index in [9.17, 15) is 13.5 Å². The molecule has 4 nitrogen and oxygen atoms in total. The average molecular weight is 305 g/mol. The van der Waals surface area contributed by atoms with E-state index in [1.807, 2.05) is 30.3 Å². The van der Waals surface area contributed by atoms with E-state index >= 15 is 0 Å². The number of aliphatic hydroxyl groups is 1. The fraction of sp³-hybridized carbons (Fsp3) is 0.438. The number of rotatable bonds is 3. The van der Waals surface area contributed by atoms with Crippen LogP contribution in [0.5, 0.6) is 0 Å². The molecule has 2 unspecified atom stereocenters. The van der Waals surface area contributed by atoms with Gasteiger partial charge in [-0.05, 0) is 37.0 Å². The van der Waals surface area contributed by atoms with Gasteiger partial charge in [-0.15, -0.1) is 0 Å². The molecular formula is C16H19NO3S. The fourth-order valence-electron chi connectivity index (χ4n) is 3.48. The lowest BCUT2D eigenvalue weighted by molar-refractivity contribution is 0.0516. The molecule has 0 bridgehead atoms. The maximum absolute atomic E-state index is 11.9. The van der Waals surface area contributed by atoms with E-state index in [2.05, 4.69) is 4.98 Å². The van der Waals surface area contributed by atoms with Gasteiger partial charge in [-0.3, -0.25) is 4.98 Å². The van der Waals surface area contributed by atoms with Gasteiger partial charge in [-0.1, -0.05) is 18.2 Å². The van der Waals surface area contributed by atoms with Crippen LogP contribution in [0.1, 0.15) is 24.8 Å². The van der Waals surface area contributed by atoms with Crippen molar-refractivity contribution >= 4 is 20.7 Å². The van der Waals surface area contributed by atoms with Crippen molar-refractivity contribution in [3.63, 3.8) is 0 Å². The van der Waals surface area contributed by atoms with E-state index in [1.54, 1.807) is 6.20 Å². The predicted octanol–water partition coefficient (Wildman–Crippen LogP) is 2.11. The zero-order valence-corrected chi connectivity index (χ0v) is 12.8. The quantitative estimate of drug-likeness (QED) is 0.943. The minimum atomic E-state index is -3.25. The van der Waals surface area contributed by atoms with Crippen LogP contribution in [0.15, 0.2) is 36.5 Å². The van der Waals surface area contributed by atoms with E-state index in [0.717, 1.165) is 22.9 Å². The van der Waals surface area contributed by atoms with Crippen LogP contribution in [0.2, 0.25) is 0 Å². The Labute approximate surface area is 124 Å². The van der Waals surface area contributed by atoms with Crippen molar-refractivity contribution in [3.05, 3.63) is 42.1 Å². The van der Waals surface area contributed by atoms with Crippen LogP contribution in [0, 0.1) is 0 Å². The van der Waals surface area contributed by atoms with Crippen LogP contribution in [0.4, 0.5) is 0 Å². The summed E-state index contributed by atoms with van der Waals surface area (Å²) >= 11 is 0. The maximum Gasteiger partial charge on any atom is 0.153 e. The number of sulfone groups is 1. The van der Waals surface area contributed by atoms with Gasteiger partial charge in [-0.2, -0.15) is 0 Å². The first-order valence-electron chi connectivity index (χ1n) is 7.14. The fourth-order valence-corrected chi connectivity index (χ4v) is 5.07. The highest BCUT2D eigenvalue weighted by atomic mass is 32.2. The molecule has 1 aromatic heterocycles. The Balaban J connectivity index is 2.02. The van der Waals surface area contributed by atoms with Gasteiger partial charge in [0.2, 0.25) is 0 Å². The Morgan fingerprint density at radius 1 is 1.33 bits per heavy atom. The number of hydrogen-bond donors (Lipinski definition) is 1. The Morgan fingerprint density at radius 2 is 2.10 bits per heavy atom. The Bertz CT molecular complexity index is 767. The predicted molar refractivity (Wildman–Crippen MR) is 82.9 cm³/mol. The maximum atomic E-state index is 11.9. The van der Waals surface area contributed by atoms with Gasteiger partial charge < -0.3 is 5.11 Å². The van der Waals surface area contributed by atoms with Crippen LogP contribution in [0.25, 0.3) is 10.9 Å². The summed E-state index contributed by atoms with van der Waals surface area (Å²) in [6, 6.07) is 9.61. The van der Waals surface area contributed by atoms with Crippen LogP contribution in [-0.4, -0.2) is 35.6 Å². The largest absolute Gasteiger partial charge is 0.388 e. The molecule has 1 N–H and O–H groups in total. The molecule has 3 rings (SSSR count). The monoisotopic (exact) mass is 305 g/mol. The Hall–Kier alpha value is -1.46. The molecule has 1 saturated carbocycles. The number of aromatic nitrogens is 1. The van der Waals surface area contributed by atoms with Crippen LogP contribution in [0.3, 0.4) is 0 Å². The number of pyridine rings is 1. The third-order valence-corrected chi connectivity index (χ3v) is 6.14. The minimum Gasteiger partial charge on any atom is -0.388 e. The van der Waals surface area contributed by atoms with Crippen LogP contribution < -0.4 is 0 Å². The molecular weight excluding hydrogens is 286 g/mol. The molecule has 2 atom stereocenters. The third kappa shape index (κ3) is 2.68. The molecule has 0 aliphatic heterocycles. The van der Waals surface area contributed by atoms with Gasteiger partial charge in [0.25, 0.3) is 0 Å². The van der Waals surface area contributed by atoms with Crippen molar-refractivity contribution in [1.82, 2.24) is 4.98 Å². The zero-order chi connectivity index (χ0) is 15.1. The first-order chi connectivity index (χ1) is 9.90. The molecule has 0 spiro atoms. The van der Waals surface area contributed by atoms with Crippen molar-refractivity contribution < 1.29 is 13.5 Å². The number of para-hydroxylation sites is 1. The molecule has 112 valence electrons. The lowest BCUT2D eigenvalue weighted by atomic mass is 9.91. The van der Waals surface area contributed by atoms with Crippen molar-refractivity contribution in [2.24, 2.45) is 0 Å². The highest BCUT2D eigenvalue weighted by Crippen LogP contribution is 2.38. The number of nitrogens with zero attached hydrogens (tertiary/aromatic N) is 1. The van der Waals surface area contributed by atoms with E-state index < -0.39 is 20.7 Å². The highest BCUT2D eigenvalue weighted by molar-refractivity contribution is 7.91. The second-order valence-electron chi connectivity index (χ2n) is 5.98. The van der Waals surface area contributed by atoms with E-state index in [4.69, 9.17) is 0 Å². The molecule has 5 heteroatoms. The topological polar surface area (TPSA) is 67.3 Å². The summed E-state index contributed by atoms with van der Waals surface area (Å²) in [4.78, 5) is 4.31. The Kier molecular flexibility index (Phi) is 3.50. The lowest BCUT2D eigenvalue weighted by Crippen LogP contribution is -2.44. The SMILES string of the molecule is CS(=O)(=O)C1CCCC1(O)Cc1ccnc2ccccc12. The summed E-state index contributed by atoms with van der Waals surface area (Å²) in [5, 5.41) is 11.2. The average Bonchev–Trinajstić information content (AvgIpc) is 2.81. The molecule has 1 heterocycles. The number of fused-ring (bicyclic) bond motifs is 1. The molecule has 0 saturated heterocycles. The van der Waals surface area contributed by atoms with E-state index in [-0.39, 0.29) is 0 Å². The number of benzene rings is 1. The molecule has 1 aliphatic carbocycles. The molecule has 2 aromatic rings. The van der Waals surface area contributed by atoms with Gasteiger partial charge in [0, 0.05) is 24.3 Å². The van der Waals surface area contributed by atoms with Crippen LogP contribution in [-0.2, 0) is 16.3 Å². The Morgan fingerprint density at radius 3 is 2.86 bits per heavy atom. The molecule has 1 aromatic carbocycles. The van der Waals surface area contributed by atoms with Crippen molar-refractivity contribution in [2.75, 3.05) is 6.26 Å². The van der Waals surface area contributed by atoms with Gasteiger partial charge in [0.05, 0.1) is 16.4 Å². The second kappa shape index (κ2) is 5.07. The van der Waals surface area contributed by atoms with Crippen molar-refractivity contribution in [2.45, 2.75) is 36.5 Å². The molecule has 1 aliphatic rings. The molecule has 1 fully saturated rings. The van der Waals surface area contributed by atoms with Crippen molar-refractivity contribution in [1.29, 1.82) is 0 Å². The molecule has 0 amide bonds. The first-order valence-corrected chi connectivity index (χ1v) is 9.09. The van der Waals surface area contributed by atoms with Gasteiger partial charge in [-0.25, -0.2) is 8.42 Å². The minimum absolute atomic E-state index is 0.355. The van der Waals surface area contributed by atoms with E-state index in [1.165, 1.54) is 6.26 Å². The van der Waals surface area contributed by atoms with E-state index in [0.29, 0.717) is 19.3 Å². The summed E-state index contributed by atoms with van der Waals surface area (Å²) in [5.41, 5.74) is 0.656. The van der Waals surface area contributed by atoms with Gasteiger partial charge >= 0.3 is 0 Å². The standard InChI is InChI=1S/C16H19NO3S/c1-21(19,20)15-7-4-9-16(15,18)11-12-8-10-17-14-6-3-2-5-13(12)14/h2-3,5-6,8,10,15,18H,4,7,9,11H2,1H3. The highest BCUT2D eigenvalue weighted by Gasteiger charge is 2.46. The summed E-state index contributed by atoms with van der Waals surface area (Å²) < 4.78 is 23.9. The zero-order valence-electron chi connectivity index (χ0n) is 12.0. The lowest BCUT2D eigenvalue weighted by Gasteiger charge is -2.29. The summed E-state index contributed by atoms with van der Waals surface area (Å²) in [6.07, 6.45) is 5.11. The summed E-state index contributed by atoms with van der Waals surface area (Å²) in [6.45, 7) is 0. The molecule has 0 radical (unpaired) electrons. The first kappa shape index (κ1) is 14.5. The molecule has 21 heavy (non-hydrogen) atoms.